The molecule has 2 aromatic rings. The maximum absolute atomic E-state index is 14.1. The normalized spacial score (nSPS) is 11.8. The van der Waals surface area contributed by atoms with Crippen LogP contribution in [0.3, 0.4) is 0 Å². The van der Waals surface area contributed by atoms with Crippen LogP contribution in [0.15, 0.2) is 42.5 Å². The van der Waals surface area contributed by atoms with Gasteiger partial charge < -0.3 is 14.8 Å². The quantitative estimate of drug-likeness (QED) is 0.844. The predicted molar refractivity (Wildman–Crippen MR) is 85.9 cm³/mol. The largest absolute Gasteiger partial charge is 0.489 e. The molecule has 0 radical (unpaired) electrons. The van der Waals surface area contributed by atoms with E-state index in [0.29, 0.717) is 5.56 Å². The molecule has 0 aliphatic carbocycles. The first-order valence-electron chi connectivity index (χ1n) is 7.47. The molecule has 0 aliphatic heterocycles. The number of amides is 1. The molecule has 2 rings (SSSR count). The lowest BCUT2D eigenvalue weighted by Gasteiger charge is -2.12. The van der Waals surface area contributed by atoms with Gasteiger partial charge in [-0.2, -0.15) is 0 Å². The van der Waals surface area contributed by atoms with Crippen molar-refractivity contribution in [3.63, 3.8) is 0 Å². The number of hydrogen-bond acceptors (Lipinski definition) is 3. The number of benzene rings is 2. The molecule has 4 nitrogen and oxygen atoms in total. The first kappa shape index (κ1) is 17.9. The minimum absolute atomic E-state index is 0.0728. The second-order valence-electron chi connectivity index (χ2n) is 5.32. The van der Waals surface area contributed by atoms with Crippen LogP contribution in [0.4, 0.5) is 8.78 Å². The molecule has 0 aliphatic rings. The number of carbonyl (C=O) groups is 1. The molecule has 1 atom stereocenters. The van der Waals surface area contributed by atoms with Gasteiger partial charge in [0.1, 0.15) is 24.0 Å². The molecule has 1 amide bonds. The molecule has 0 bridgehead atoms. The van der Waals surface area contributed by atoms with Gasteiger partial charge in [-0.1, -0.05) is 12.1 Å². The molecule has 0 fully saturated rings. The number of ether oxygens (including phenoxy) is 2. The Labute approximate surface area is 139 Å². The first-order chi connectivity index (χ1) is 11.5. The summed E-state index contributed by atoms with van der Waals surface area (Å²) in [6, 6.07) is 9.94. The van der Waals surface area contributed by atoms with Gasteiger partial charge >= 0.3 is 0 Å². The van der Waals surface area contributed by atoms with E-state index in [0.717, 1.165) is 6.07 Å². The lowest BCUT2D eigenvalue weighted by molar-refractivity contribution is 0.0867. The van der Waals surface area contributed by atoms with Crippen LogP contribution in [0.5, 0.6) is 5.75 Å². The molecule has 1 N–H and O–H groups in total. The number of halogens is 2. The zero-order chi connectivity index (χ0) is 17.5. The van der Waals surface area contributed by atoms with Gasteiger partial charge in [-0.15, -0.1) is 0 Å². The van der Waals surface area contributed by atoms with Crippen molar-refractivity contribution in [3.05, 3.63) is 65.2 Å². The molecule has 0 heterocycles. The summed E-state index contributed by atoms with van der Waals surface area (Å²) in [5, 5.41) is 2.59. The first-order valence-corrected chi connectivity index (χ1v) is 7.47. The summed E-state index contributed by atoms with van der Waals surface area (Å²) in [7, 11) is 1.53. The fourth-order valence-electron chi connectivity index (χ4n) is 1.98. The standard InChI is InChI=1S/C18H19F2NO3/c1-12(23-2)10-21-18(22)16-7-6-15(9-17(16)20)24-11-13-4-3-5-14(19)8-13/h3-9,12H,10-11H2,1-2H3,(H,21,22). The third kappa shape index (κ3) is 5.03. The number of nitrogens with one attached hydrogen (secondary N) is 1. The van der Waals surface area contributed by atoms with Gasteiger partial charge in [0, 0.05) is 19.7 Å². The van der Waals surface area contributed by atoms with Gasteiger partial charge in [-0.3, -0.25) is 4.79 Å². The average molecular weight is 335 g/mol. The maximum Gasteiger partial charge on any atom is 0.254 e. The topological polar surface area (TPSA) is 47.6 Å². The third-order valence-electron chi connectivity index (χ3n) is 3.43. The van der Waals surface area contributed by atoms with Gasteiger partial charge in [0.2, 0.25) is 0 Å². The lowest BCUT2D eigenvalue weighted by atomic mass is 10.2. The van der Waals surface area contributed by atoms with E-state index in [1.54, 1.807) is 19.1 Å². The monoisotopic (exact) mass is 335 g/mol. The zero-order valence-corrected chi connectivity index (χ0v) is 13.5. The Kier molecular flexibility index (Phi) is 6.26. The van der Waals surface area contributed by atoms with E-state index in [2.05, 4.69) is 5.32 Å². The Balaban J connectivity index is 1.97. The molecule has 0 aromatic heterocycles. The van der Waals surface area contributed by atoms with Crippen molar-refractivity contribution in [2.75, 3.05) is 13.7 Å². The summed E-state index contributed by atoms with van der Waals surface area (Å²) in [6.45, 7) is 2.18. The summed E-state index contributed by atoms with van der Waals surface area (Å²) >= 11 is 0. The SMILES string of the molecule is COC(C)CNC(=O)c1ccc(OCc2cccc(F)c2)cc1F. The van der Waals surface area contributed by atoms with E-state index in [4.69, 9.17) is 9.47 Å². The van der Waals surface area contributed by atoms with Crippen LogP contribution in [-0.4, -0.2) is 25.7 Å². The van der Waals surface area contributed by atoms with E-state index in [1.165, 1.54) is 31.4 Å². The fourth-order valence-corrected chi connectivity index (χ4v) is 1.98. The smallest absolute Gasteiger partial charge is 0.254 e. The van der Waals surface area contributed by atoms with Gasteiger partial charge in [0.25, 0.3) is 5.91 Å². The van der Waals surface area contributed by atoms with Gasteiger partial charge in [-0.25, -0.2) is 8.78 Å². The van der Waals surface area contributed by atoms with Crippen LogP contribution in [0.25, 0.3) is 0 Å². The molecular formula is C18H19F2NO3. The Morgan fingerprint density at radius 3 is 2.67 bits per heavy atom. The second-order valence-corrected chi connectivity index (χ2v) is 5.32. The number of carbonyl (C=O) groups excluding carboxylic acids is 1. The van der Waals surface area contributed by atoms with E-state index in [-0.39, 0.29) is 36.4 Å². The zero-order valence-electron chi connectivity index (χ0n) is 13.5. The van der Waals surface area contributed by atoms with Crippen LogP contribution in [0.1, 0.15) is 22.8 Å². The molecule has 6 heteroatoms. The van der Waals surface area contributed by atoms with Gasteiger partial charge in [0.05, 0.1) is 11.7 Å². The van der Waals surface area contributed by atoms with Crippen molar-refractivity contribution in [1.29, 1.82) is 0 Å². The van der Waals surface area contributed by atoms with Gasteiger partial charge in [0.15, 0.2) is 0 Å². The average Bonchev–Trinajstić information content (AvgIpc) is 2.57. The van der Waals surface area contributed by atoms with Crippen molar-refractivity contribution < 1.29 is 23.0 Å². The molecule has 0 saturated heterocycles. The molecule has 0 saturated carbocycles. The van der Waals surface area contributed by atoms with Crippen molar-refractivity contribution in [1.82, 2.24) is 5.32 Å². The molecular weight excluding hydrogens is 316 g/mol. The highest BCUT2D eigenvalue weighted by molar-refractivity contribution is 5.94. The van der Waals surface area contributed by atoms with E-state index in [1.807, 2.05) is 0 Å². The summed E-state index contributed by atoms with van der Waals surface area (Å²) in [6.07, 6.45) is -0.161. The Hall–Kier alpha value is -2.47. The Morgan fingerprint density at radius 1 is 1.21 bits per heavy atom. The Bertz CT molecular complexity index is 706. The van der Waals surface area contributed by atoms with Crippen LogP contribution in [0, 0.1) is 11.6 Å². The van der Waals surface area contributed by atoms with Crippen LogP contribution in [-0.2, 0) is 11.3 Å². The molecule has 128 valence electrons. The minimum Gasteiger partial charge on any atom is -0.489 e. The van der Waals surface area contributed by atoms with Crippen molar-refractivity contribution in [2.24, 2.45) is 0 Å². The van der Waals surface area contributed by atoms with Crippen LogP contribution in [0.2, 0.25) is 0 Å². The Morgan fingerprint density at radius 2 is 2.00 bits per heavy atom. The van der Waals surface area contributed by atoms with E-state index < -0.39 is 11.7 Å². The highest BCUT2D eigenvalue weighted by Crippen LogP contribution is 2.18. The maximum atomic E-state index is 14.1. The number of methoxy groups -OCH3 is 1. The highest BCUT2D eigenvalue weighted by atomic mass is 19.1. The fraction of sp³-hybridized carbons (Fsp3) is 0.278. The summed E-state index contributed by atoms with van der Waals surface area (Å²) in [5.41, 5.74) is 0.558. The molecule has 1 unspecified atom stereocenters. The molecule has 2 aromatic carbocycles. The third-order valence-corrected chi connectivity index (χ3v) is 3.43. The molecule has 24 heavy (non-hydrogen) atoms. The van der Waals surface area contributed by atoms with Crippen molar-refractivity contribution in [2.45, 2.75) is 19.6 Å². The number of hydrogen-bond donors (Lipinski definition) is 1. The summed E-state index contributed by atoms with van der Waals surface area (Å²) in [4.78, 5) is 11.9. The van der Waals surface area contributed by atoms with Crippen molar-refractivity contribution >= 4 is 5.91 Å². The van der Waals surface area contributed by atoms with E-state index in [9.17, 15) is 13.6 Å². The lowest BCUT2D eigenvalue weighted by Crippen LogP contribution is -2.32. The van der Waals surface area contributed by atoms with Crippen LogP contribution >= 0.6 is 0 Å². The predicted octanol–water partition coefficient (Wildman–Crippen LogP) is 3.31. The minimum atomic E-state index is -0.686. The van der Waals surface area contributed by atoms with Crippen LogP contribution < -0.4 is 10.1 Å². The second kappa shape index (κ2) is 8.40. The van der Waals surface area contributed by atoms with Crippen molar-refractivity contribution in [3.8, 4) is 5.75 Å². The highest BCUT2D eigenvalue weighted by Gasteiger charge is 2.13. The van der Waals surface area contributed by atoms with Gasteiger partial charge in [-0.05, 0) is 36.8 Å². The summed E-state index contributed by atoms with van der Waals surface area (Å²) < 4.78 is 37.6. The number of rotatable bonds is 7. The summed E-state index contributed by atoms with van der Waals surface area (Å²) in [5.74, 6) is -1.31. The molecule has 0 spiro atoms. The van der Waals surface area contributed by atoms with E-state index >= 15 is 0 Å².